The van der Waals surface area contributed by atoms with Crippen molar-refractivity contribution in [3.8, 4) is 0 Å². The van der Waals surface area contributed by atoms with E-state index in [0.717, 1.165) is 26.8 Å². The average Bonchev–Trinajstić information content (AvgIpc) is 2.68. The molecule has 19 heavy (non-hydrogen) atoms. The van der Waals surface area contributed by atoms with Gasteiger partial charge in [0.25, 0.3) is 0 Å². The number of hydrogen-bond donors (Lipinski definition) is 0. The molecule has 0 saturated heterocycles. The first-order chi connectivity index (χ1) is 9.13. The summed E-state index contributed by atoms with van der Waals surface area (Å²) in [6.45, 7) is 2.08. The van der Waals surface area contributed by atoms with E-state index in [2.05, 4.69) is 79.6 Å². The van der Waals surface area contributed by atoms with E-state index in [-0.39, 0.29) is 0 Å². The van der Waals surface area contributed by atoms with Crippen molar-refractivity contribution in [3.05, 3.63) is 68.5 Å². The fourth-order valence-corrected chi connectivity index (χ4v) is 2.87. The minimum Gasteiger partial charge on any atom is -0.294 e. The van der Waals surface area contributed by atoms with Crippen LogP contribution in [0, 0.1) is 6.92 Å². The number of fused-ring (bicyclic) bond motifs is 1. The smallest absolute Gasteiger partial charge is 0.138 e. The van der Waals surface area contributed by atoms with E-state index in [0.29, 0.717) is 0 Å². The van der Waals surface area contributed by atoms with Crippen LogP contribution in [-0.2, 0) is 6.42 Å². The molecule has 0 spiro atoms. The summed E-state index contributed by atoms with van der Waals surface area (Å²) >= 11 is 7.09. The van der Waals surface area contributed by atoms with Gasteiger partial charge in [-0.1, -0.05) is 28.1 Å². The highest BCUT2D eigenvalue weighted by Gasteiger charge is 2.10. The number of aryl methyl sites for hydroxylation is 1. The quantitative estimate of drug-likeness (QED) is 0.627. The van der Waals surface area contributed by atoms with Gasteiger partial charge in [-0.2, -0.15) is 0 Å². The van der Waals surface area contributed by atoms with Gasteiger partial charge in [0.05, 0.1) is 5.69 Å². The van der Waals surface area contributed by atoms with Gasteiger partial charge in [0.15, 0.2) is 0 Å². The van der Waals surface area contributed by atoms with Crippen LogP contribution in [0.25, 0.3) is 5.65 Å². The van der Waals surface area contributed by atoms with Crippen molar-refractivity contribution in [1.82, 2.24) is 9.38 Å². The first kappa shape index (κ1) is 12.9. The second-order valence-electron chi connectivity index (χ2n) is 4.58. The minimum atomic E-state index is 0.828. The molecule has 0 radical (unpaired) electrons. The lowest BCUT2D eigenvalue weighted by molar-refractivity contribution is 1.08. The monoisotopic (exact) mass is 378 g/mol. The number of imidazole rings is 1. The van der Waals surface area contributed by atoms with Gasteiger partial charge in [-0.05, 0) is 58.2 Å². The Labute approximate surface area is 128 Å². The zero-order valence-corrected chi connectivity index (χ0v) is 13.6. The van der Waals surface area contributed by atoms with Crippen LogP contribution in [0.4, 0.5) is 0 Å². The zero-order chi connectivity index (χ0) is 13.4. The van der Waals surface area contributed by atoms with Crippen molar-refractivity contribution >= 4 is 37.5 Å². The van der Waals surface area contributed by atoms with Crippen LogP contribution in [0.1, 0.15) is 16.8 Å². The maximum atomic E-state index is 4.70. The zero-order valence-electron chi connectivity index (χ0n) is 10.4. The van der Waals surface area contributed by atoms with E-state index in [9.17, 15) is 0 Å². The summed E-state index contributed by atoms with van der Waals surface area (Å²) in [6.07, 6.45) is 2.88. The molecular formula is C15H12Br2N2. The molecule has 0 saturated carbocycles. The van der Waals surface area contributed by atoms with Crippen LogP contribution in [0.15, 0.2) is 51.7 Å². The van der Waals surface area contributed by atoms with Crippen LogP contribution < -0.4 is 0 Å². The fraction of sp³-hybridized carbons (Fsp3) is 0.133. The van der Waals surface area contributed by atoms with Crippen molar-refractivity contribution in [2.75, 3.05) is 0 Å². The van der Waals surface area contributed by atoms with Crippen molar-refractivity contribution < 1.29 is 0 Å². The van der Waals surface area contributed by atoms with Crippen LogP contribution in [0.5, 0.6) is 0 Å². The molecular weight excluding hydrogens is 368 g/mol. The molecule has 0 aliphatic heterocycles. The first-order valence-electron chi connectivity index (χ1n) is 6.01. The van der Waals surface area contributed by atoms with E-state index in [4.69, 9.17) is 4.98 Å². The average molecular weight is 380 g/mol. The molecule has 0 fully saturated rings. The standard InChI is InChI=1S/C15H12Br2N2/c1-10-6-7-19-14(8-10)18-13(15(19)17)9-11-2-4-12(16)5-3-11/h2-8H,9H2,1H3. The molecule has 2 nitrogen and oxygen atoms in total. The number of halogens is 2. The molecule has 0 aliphatic rings. The number of rotatable bonds is 2. The number of nitrogens with zero attached hydrogens (tertiary/aromatic N) is 2. The molecule has 0 amide bonds. The molecule has 1 aromatic carbocycles. The number of pyridine rings is 1. The summed E-state index contributed by atoms with van der Waals surface area (Å²) in [6, 6.07) is 12.5. The van der Waals surface area contributed by atoms with Crippen LogP contribution in [-0.4, -0.2) is 9.38 Å². The van der Waals surface area contributed by atoms with Crippen LogP contribution in [0.2, 0.25) is 0 Å². The van der Waals surface area contributed by atoms with Crippen LogP contribution >= 0.6 is 31.9 Å². The molecule has 3 rings (SSSR count). The number of benzene rings is 1. The second-order valence-corrected chi connectivity index (χ2v) is 6.25. The van der Waals surface area contributed by atoms with E-state index in [1.165, 1.54) is 11.1 Å². The Bertz CT molecular complexity index is 730. The summed E-state index contributed by atoms with van der Waals surface area (Å²) in [4.78, 5) is 4.70. The Morgan fingerprint density at radius 2 is 1.84 bits per heavy atom. The lowest BCUT2D eigenvalue weighted by Crippen LogP contribution is -1.89. The SMILES string of the molecule is Cc1ccn2c(Br)c(Cc3ccc(Br)cc3)nc2c1. The molecule has 0 bridgehead atoms. The van der Waals surface area contributed by atoms with Crippen molar-refractivity contribution in [1.29, 1.82) is 0 Å². The topological polar surface area (TPSA) is 17.3 Å². The van der Waals surface area contributed by atoms with Crippen molar-refractivity contribution in [3.63, 3.8) is 0 Å². The highest BCUT2D eigenvalue weighted by Crippen LogP contribution is 2.23. The van der Waals surface area contributed by atoms with Gasteiger partial charge in [-0.15, -0.1) is 0 Å². The maximum absolute atomic E-state index is 4.70. The Morgan fingerprint density at radius 3 is 2.58 bits per heavy atom. The number of aromatic nitrogens is 2. The molecule has 0 aliphatic carbocycles. The van der Waals surface area contributed by atoms with E-state index < -0.39 is 0 Å². The van der Waals surface area contributed by atoms with Gasteiger partial charge in [0.1, 0.15) is 10.3 Å². The van der Waals surface area contributed by atoms with Gasteiger partial charge in [0.2, 0.25) is 0 Å². The van der Waals surface area contributed by atoms with E-state index >= 15 is 0 Å². The van der Waals surface area contributed by atoms with Gasteiger partial charge < -0.3 is 0 Å². The third-order valence-electron chi connectivity index (χ3n) is 3.07. The molecule has 4 heteroatoms. The van der Waals surface area contributed by atoms with Gasteiger partial charge in [-0.3, -0.25) is 4.40 Å². The van der Waals surface area contributed by atoms with Gasteiger partial charge in [0, 0.05) is 17.1 Å². The fourth-order valence-electron chi connectivity index (χ4n) is 2.07. The minimum absolute atomic E-state index is 0.828. The Kier molecular flexibility index (Phi) is 3.46. The van der Waals surface area contributed by atoms with E-state index in [1.807, 2.05) is 6.20 Å². The molecule has 96 valence electrons. The third-order valence-corrected chi connectivity index (χ3v) is 4.44. The molecule has 0 atom stereocenters. The number of hydrogen-bond acceptors (Lipinski definition) is 1. The predicted octanol–water partition coefficient (Wildman–Crippen LogP) is 4.76. The summed E-state index contributed by atoms with van der Waals surface area (Å²) < 4.78 is 4.20. The third kappa shape index (κ3) is 2.60. The Hall–Kier alpha value is -1.13. The Morgan fingerprint density at radius 1 is 1.11 bits per heavy atom. The van der Waals surface area contributed by atoms with E-state index in [1.54, 1.807) is 0 Å². The molecule has 3 aromatic rings. The molecule has 0 unspecified atom stereocenters. The summed E-state index contributed by atoms with van der Waals surface area (Å²) in [7, 11) is 0. The van der Waals surface area contributed by atoms with Gasteiger partial charge in [-0.25, -0.2) is 4.98 Å². The normalized spacial score (nSPS) is 11.1. The maximum Gasteiger partial charge on any atom is 0.138 e. The first-order valence-corrected chi connectivity index (χ1v) is 7.59. The summed E-state index contributed by atoms with van der Waals surface area (Å²) in [5.74, 6) is 0. The molecule has 2 heterocycles. The lowest BCUT2D eigenvalue weighted by Gasteiger charge is -1.99. The highest BCUT2D eigenvalue weighted by molar-refractivity contribution is 9.10. The predicted molar refractivity (Wildman–Crippen MR) is 84.6 cm³/mol. The summed E-state index contributed by atoms with van der Waals surface area (Å²) in [5, 5.41) is 0. The van der Waals surface area contributed by atoms with Gasteiger partial charge >= 0.3 is 0 Å². The van der Waals surface area contributed by atoms with Crippen molar-refractivity contribution in [2.24, 2.45) is 0 Å². The van der Waals surface area contributed by atoms with Crippen molar-refractivity contribution in [2.45, 2.75) is 13.3 Å². The van der Waals surface area contributed by atoms with Crippen LogP contribution in [0.3, 0.4) is 0 Å². The summed E-state index contributed by atoms with van der Waals surface area (Å²) in [5.41, 5.74) is 4.52. The lowest BCUT2D eigenvalue weighted by atomic mass is 10.1. The highest BCUT2D eigenvalue weighted by atomic mass is 79.9. The largest absolute Gasteiger partial charge is 0.294 e. The Balaban J connectivity index is 2.01. The molecule has 2 aromatic heterocycles. The molecule has 0 N–H and O–H groups in total. The second kappa shape index (κ2) is 5.10.